The van der Waals surface area contributed by atoms with Gasteiger partial charge in [-0.1, -0.05) is 32.4 Å². The van der Waals surface area contributed by atoms with Gasteiger partial charge in [0.15, 0.2) is 0 Å². The summed E-state index contributed by atoms with van der Waals surface area (Å²) in [5, 5.41) is 0.546. The van der Waals surface area contributed by atoms with Gasteiger partial charge in [0.05, 0.1) is 0 Å². The zero-order valence-corrected chi connectivity index (χ0v) is 14.2. The highest BCUT2D eigenvalue weighted by molar-refractivity contribution is 6.30. The highest BCUT2D eigenvalue weighted by Crippen LogP contribution is 2.42. The second-order valence-electron chi connectivity index (χ2n) is 7.73. The Balaban J connectivity index is 1.80. The van der Waals surface area contributed by atoms with Crippen LogP contribution in [-0.2, 0) is 0 Å². The Bertz CT molecular complexity index is 540. The molecular weight excluding hydrogens is 284 g/mol. The van der Waals surface area contributed by atoms with E-state index in [1.165, 1.54) is 19.3 Å². The zero-order chi connectivity index (χ0) is 15.2. The smallest absolute Gasteiger partial charge is 0.221 e. The third-order valence-electron chi connectivity index (χ3n) is 4.63. The molecule has 2 aliphatic carbocycles. The van der Waals surface area contributed by atoms with Crippen molar-refractivity contribution in [3.63, 3.8) is 0 Å². The third-order valence-corrected chi connectivity index (χ3v) is 4.99. The van der Waals surface area contributed by atoms with Crippen LogP contribution in [0, 0.1) is 18.3 Å². The molecule has 2 fully saturated rings. The van der Waals surface area contributed by atoms with Gasteiger partial charge in [0.2, 0.25) is 5.88 Å². The van der Waals surface area contributed by atoms with Crippen molar-refractivity contribution >= 4 is 11.6 Å². The second-order valence-corrected chi connectivity index (χ2v) is 8.09. The quantitative estimate of drug-likeness (QED) is 0.744. The highest BCUT2D eigenvalue weighted by atomic mass is 35.5. The summed E-state index contributed by atoms with van der Waals surface area (Å²) < 4.78 is 6.26. The van der Waals surface area contributed by atoms with Gasteiger partial charge < -0.3 is 4.74 Å². The first kappa shape index (κ1) is 15.1. The molecule has 116 valence electrons. The van der Waals surface area contributed by atoms with E-state index in [2.05, 4.69) is 30.7 Å². The Morgan fingerprint density at radius 2 is 1.90 bits per heavy atom. The molecule has 2 aliphatic rings. The summed E-state index contributed by atoms with van der Waals surface area (Å²) in [4.78, 5) is 9.05. The minimum Gasteiger partial charge on any atom is -0.474 e. The maximum absolute atomic E-state index is 6.26. The van der Waals surface area contributed by atoms with E-state index in [1.807, 2.05) is 6.92 Å². The van der Waals surface area contributed by atoms with Crippen molar-refractivity contribution in [1.29, 1.82) is 0 Å². The molecular formula is C17H25ClN2O. The Hall–Kier alpha value is -0.830. The van der Waals surface area contributed by atoms with Crippen molar-refractivity contribution < 1.29 is 4.74 Å². The number of hydrogen-bond acceptors (Lipinski definition) is 3. The number of hydrogen-bond donors (Lipinski definition) is 0. The normalized spacial score (nSPS) is 28.4. The first-order chi connectivity index (χ1) is 9.84. The SMILES string of the molecule is Cc1c(Cl)nc(C2CC2)nc1OC1CC(C)CC(C)(C)C1. The average molecular weight is 309 g/mol. The lowest BCUT2D eigenvalue weighted by atomic mass is 9.71. The van der Waals surface area contributed by atoms with Crippen molar-refractivity contribution in [2.75, 3.05) is 0 Å². The fraction of sp³-hybridized carbons (Fsp3) is 0.765. The summed E-state index contributed by atoms with van der Waals surface area (Å²) in [7, 11) is 0. The van der Waals surface area contributed by atoms with Crippen molar-refractivity contribution in [1.82, 2.24) is 9.97 Å². The number of aromatic nitrogens is 2. The van der Waals surface area contributed by atoms with Gasteiger partial charge in [-0.2, -0.15) is 4.98 Å². The molecule has 3 rings (SSSR count). The summed E-state index contributed by atoms with van der Waals surface area (Å²) in [5.41, 5.74) is 1.21. The molecule has 3 nitrogen and oxygen atoms in total. The molecule has 0 spiro atoms. The summed E-state index contributed by atoms with van der Waals surface area (Å²) in [6.45, 7) is 8.92. The van der Waals surface area contributed by atoms with Gasteiger partial charge in [-0.25, -0.2) is 4.98 Å². The predicted octanol–water partition coefficient (Wildman–Crippen LogP) is 4.91. The molecule has 1 aromatic heterocycles. The van der Waals surface area contributed by atoms with Gasteiger partial charge in [-0.15, -0.1) is 0 Å². The first-order valence-corrected chi connectivity index (χ1v) is 8.42. The van der Waals surface area contributed by atoms with E-state index in [-0.39, 0.29) is 6.10 Å². The van der Waals surface area contributed by atoms with E-state index >= 15 is 0 Å². The van der Waals surface area contributed by atoms with Gasteiger partial charge >= 0.3 is 0 Å². The standard InChI is InChI=1S/C17H25ClN2O/c1-10-7-13(9-17(3,4)8-10)21-16-11(2)14(18)19-15(20-16)12-5-6-12/h10,12-13H,5-9H2,1-4H3. The van der Waals surface area contributed by atoms with Crippen LogP contribution in [0.5, 0.6) is 5.88 Å². The first-order valence-electron chi connectivity index (χ1n) is 8.05. The summed E-state index contributed by atoms with van der Waals surface area (Å²) >= 11 is 6.26. The van der Waals surface area contributed by atoms with Crippen molar-refractivity contribution in [3.05, 3.63) is 16.5 Å². The molecule has 0 aromatic carbocycles. The molecule has 0 saturated heterocycles. The average Bonchev–Trinajstić information content (AvgIpc) is 3.16. The predicted molar refractivity (Wildman–Crippen MR) is 85.0 cm³/mol. The van der Waals surface area contributed by atoms with Gasteiger partial charge in [0.1, 0.15) is 17.1 Å². The van der Waals surface area contributed by atoms with Crippen LogP contribution in [0.1, 0.15) is 70.2 Å². The molecule has 0 bridgehead atoms. The van der Waals surface area contributed by atoms with E-state index in [0.29, 0.717) is 28.3 Å². The molecule has 0 amide bonds. The molecule has 2 unspecified atom stereocenters. The molecule has 1 aromatic rings. The van der Waals surface area contributed by atoms with E-state index in [0.717, 1.165) is 24.2 Å². The Labute approximate surface area is 132 Å². The maximum atomic E-state index is 6.26. The fourth-order valence-corrected chi connectivity index (χ4v) is 3.80. The topological polar surface area (TPSA) is 35.0 Å². The third kappa shape index (κ3) is 3.50. The zero-order valence-electron chi connectivity index (χ0n) is 13.4. The molecule has 2 saturated carbocycles. The molecule has 1 heterocycles. The number of halogens is 1. The van der Waals surface area contributed by atoms with Gasteiger partial charge in [0.25, 0.3) is 0 Å². The Morgan fingerprint density at radius 1 is 1.19 bits per heavy atom. The number of nitrogens with zero attached hydrogens (tertiary/aromatic N) is 2. The molecule has 0 aliphatic heterocycles. The Kier molecular flexibility index (Phi) is 3.89. The van der Waals surface area contributed by atoms with Crippen LogP contribution in [0.25, 0.3) is 0 Å². The monoisotopic (exact) mass is 308 g/mol. The number of ether oxygens (including phenoxy) is 1. The van der Waals surface area contributed by atoms with Crippen molar-refractivity contribution in [2.45, 2.75) is 71.8 Å². The minimum absolute atomic E-state index is 0.237. The van der Waals surface area contributed by atoms with Gasteiger partial charge in [-0.3, -0.25) is 0 Å². The fourth-order valence-electron chi connectivity index (χ4n) is 3.63. The van der Waals surface area contributed by atoms with E-state index in [9.17, 15) is 0 Å². The molecule has 21 heavy (non-hydrogen) atoms. The highest BCUT2D eigenvalue weighted by Gasteiger charge is 2.34. The summed E-state index contributed by atoms with van der Waals surface area (Å²) in [6.07, 6.45) is 6.03. The number of rotatable bonds is 3. The lowest BCUT2D eigenvalue weighted by Crippen LogP contribution is -2.34. The molecule has 2 atom stereocenters. The van der Waals surface area contributed by atoms with Gasteiger partial charge in [-0.05, 0) is 50.4 Å². The van der Waals surface area contributed by atoms with Crippen LogP contribution in [0.2, 0.25) is 5.15 Å². The van der Waals surface area contributed by atoms with Crippen LogP contribution in [0.15, 0.2) is 0 Å². The minimum atomic E-state index is 0.237. The van der Waals surface area contributed by atoms with Crippen molar-refractivity contribution in [3.8, 4) is 5.88 Å². The van der Waals surface area contributed by atoms with E-state index in [4.69, 9.17) is 16.3 Å². The van der Waals surface area contributed by atoms with Crippen LogP contribution in [0.3, 0.4) is 0 Å². The van der Waals surface area contributed by atoms with Crippen LogP contribution in [-0.4, -0.2) is 16.1 Å². The van der Waals surface area contributed by atoms with Crippen LogP contribution < -0.4 is 4.74 Å². The maximum Gasteiger partial charge on any atom is 0.221 e. The largest absolute Gasteiger partial charge is 0.474 e. The lowest BCUT2D eigenvalue weighted by molar-refractivity contribution is 0.0525. The molecule has 0 N–H and O–H groups in total. The second kappa shape index (κ2) is 5.42. The lowest BCUT2D eigenvalue weighted by Gasteiger charge is -2.38. The van der Waals surface area contributed by atoms with Crippen LogP contribution in [0.4, 0.5) is 0 Å². The van der Waals surface area contributed by atoms with Crippen LogP contribution >= 0.6 is 11.6 Å². The van der Waals surface area contributed by atoms with E-state index in [1.54, 1.807) is 0 Å². The van der Waals surface area contributed by atoms with Crippen molar-refractivity contribution in [2.24, 2.45) is 11.3 Å². The Morgan fingerprint density at radius 3 is 2.52 bits per heavy atom. The molecule has 4 heteroatoms. The summed E-state index contributed by atoms with van der Waals surface area (Å²) in [6, 6.07) is 0. The summed E-state index contributed by atoms with van der Waals surface area (Å²) in [5.74, 6) is 2.75. The van der Waals surface area contributed by atoms with E-state index < -0.39 is 0 Å². The van der Waals surface area contributed by atoms with Gasteiger partial charge in [0, 0.05) is 11.5 Å². The molecule has 0 radical (unpaired) electrons.